The average molecular weight is 231 g/mol. The van der Waals surface area contributed by atoms with Gasteiger partial charge in [-0.05, 0) is 18.2 Å². The molecule has 1 amide bonds. The standard InChI is InChI=1S/C10H12ClFN2O/c1-7(15)13-4-5-14-8-2-3-9(11)10(12)6-8/h2-3,6,14H,4-5H2,1H3,(H,13,15). The molecule has 0 spiro atoms. The zero-order chi connectivity index (χ0) is 11.3. The van der Waals surface area contributed by atoms with Crippen LogP contribution in [0.15, 0.2) is 18.2 Å². The molecule has 82 valence electrons. The molecule has 0 bridgehead atoms. The highest BCUT2D eigenvalue weighted by Gasteiger charge is 1.99. The first-order valence-electron chi connectivity index (χ1n) is 4.53. The molecule has 0 aliphatic heterocycles. The molecule has 0 unspecified atom stereocenters. The Morgan fingerprint density at radius 2 is 2.20 bits per heavy atom. The summed E-state index contributed by atoms with van der Waals surface area (Å²) in [6.07, 6.45) is 0. The molecule has 3 nitrogen and oxygen atoms in total. The van der Waals surface area contributed by atoms with Crippen LogP contribution >= 0.6 is 11.6 Å². The van der Waals surface area contributed by atoms with E-state index in [1.54, 1.807) is 6.07 Å². The van der Waals surface area contributed by atoms with E-state index >= 15 is 0 Å². The average Bonchev–Trinajstić information content (AvgIpc) is 2.18. The molecule has 5 heteroatoms. The zero-order valence-corrected chi connectivity index (χ0v) is 9.07. The molecule has 0 heterocycles. The number of halogens is 2. The Labute approximate surface area is 92.6 Å². The van der Waals surface area contributed by atoms with Crippen molar-refractivity contribution in [3.63, 3.8) is 0 Å². The normalized spacial score (nSPS) is 9.80. The lowest BCUT2D eigenvalue weighted by Gasteiger charge is -2.07. The van der Waals surface area contributed by atoms with Crippen molar-refractivity contribution >= 4 is 23.2 Å². The molecule has 0 fully saturated rings. The highest BCUT2D eigenvalue weighted by Crippen LogP contribution is 2.18. The van der Waals surface area contributed by atoms with Crippen LogP contribution in [-0.2, 0) is 4.79 Å². The second-order valence-corrected chi connectivity index (χ2v) is 3.45. The number of benzene rings is 1. The summed E-state index contributed by atoms with van der Waals surface area (Å²) in [5.74, 6) is -0.541. The fraction of sp³-hybridized carbons (Fsp3) is 0.300. The summed E-state index contributed by atoms with van der Waals surface area (Å²) in [4.78, 5) is 10.5. The van der Waals surface area contributed by atoms with Crippen LogP contribution in [0.2, 0.25) is 5.02 Å². The first-order valence-corrected chi connectivity index (χ1v) is 4.91. The molecule has 1 aromatic carbocycles. The quantitative estimate of drug-likeness (QED) is 0.778. The Hall–Kier alpha value is -1.29. The maximum Gasteiger partial charge on any atom is 0.216 e. The molecular formula is C10H12ClFN2O. The van der Waals surface area contributed by atoms with Crippen LogP contribution in [0.4, 0.5) is 10.1 Å². The summed E-state index contributed by atoms with van der Waals surface area (Å²) in [6.45, 7) is 2.49. The van der Waals surface area contributed by atoms with Gasteiger partial charge in [-0.25, -0.2) is 4.39 Å². The summed E-state index contributed by atoms with van der Waals surface area (Å²) < 4.78 is 13.0. The van der Waals surface area contributed by atoms with Gasteiger partial charge in [-0.2, -0.15) is 0 Å². The van der Waals surface area contributed by atoms with Gasteiger partial charge >= 0.3 is 0 Å². The van der Waals surface area contributed by atoms with E-state index < -0.39 is 5.82 Å². The Bertz CT molecular complexity index is 357. The van der Waals surface area contributed by atoms with E-state index in [9.17, 15) is 9.18 Å². The van der Waals surface area contributed by atoms with Crippen molar-refractivity contribution in [1.29, 1.82) is 0 Å². The van der Waals surface area contributed by atoms with Crippen LogP contribution < -0.4 is 10.6 Å². The maximum atomic E-state index is 13.0. The number of nitrogens with one attached hydrogen (secondary N) is 2. The monoisotopic (exact) mass is 230 g/mol. The first-order chi connectivity index (χ1) is 7.09. The molecule has 0 saturated heterocycles. The minimum Gasteiger partial charge on any atom is -0.383 e. The zero-order valence-electron chi connectivity index (χ0n) is 8.31. The number of amides is 1. The first kappa shape index (κ1) is 11.8. The molecule has 2 N–H and O–H groups in total. The van der Waals surface area contributed by atoms with E-state index in [0.29, 0.717) is 18.8 Å². The second-order valence-electron chi connectivity index (χ2n) is 3.04. The third-order valence-corrected chi connectivity index (χ3v) is 2.05. The van der Waals surface area contributed by atoms with Crippen molar-refractivity contribution < 1.29 is 9.18 Å². The maximum absolute atomic E-state index is 13.0. The molecular weight excluding hydrogens is 219 g/mol. The topological polar surface area (TPSA) is 41.1 Å². The molecule has 0 saturated carbocycles. The smallest absolute Gasteiger partial charge is 0.216 e. The van der Waals surface area contributed by atoms with Crippen LogP contribution in [-0.4, -0.2) is 19.0 Å². The van der Waals surface area contributed by atoms with E-state index in [1.807, 2.05) is 0 Å². The Balaban J connectivity index is 2.38. The number of hydrogen-bond donors (Lipinski definition) is 2. The van der Waals surface area contributed by atoms with E-state index in [4.69, 9.17) is 11.6 Å². The Kier molecular flexibility index (Phi) is 4.37. The van der Waals surface area contributed by atoms with Crippen molar-refractivity contribution in [2.75, 3.05) is 18.4 Å². The molecule has 0 aromatic heterocycles. The van der Waals surface area contributed by atoms with Gasteiger partial charge in [-0.15, -0.1) is 0 Å². The highest BCUT2D eigenvalue weighted by atomic mass is 35.5. The van der Waals surface area contributed by atoms with Gasteiger partial charge in [0.25, 0.3) is 0 Å². The second kappa shape index (κ2) is 5.56. The summed E-state index contributed by atoms with van der Waals surface area (Å²) >= 11 is 5.52. The summed E-state index contributed by atoms with van der Waals surface area (Å²) in [6, 6.07) is 4.48. The van der Waals surface area contributed by atoms with E-state index in [0.717, 1.165) is 0 Å². The van der Waals surface area contributed by atoms with Crippen molar-refractivity contribution in [3.8, 4) is 0 Å². The van der Waals surface area contributed by atoms with E-state index in [2.05, 4.69) is 10.6 Å². The van der Waals surface area contributed by atoms with E-state index in [-0.39, 0.29) is 10.9 Å². The van der Waals surface area contributed by atoms with Gasteiger partial charge in [0, 0.05) is 25.7 Å². The fourth-order valence-electron chi connectivity index (χ4n) is 1.05. The third-order valence-electron chi connectivity index (χ3n) is 1.75. The van der Waals surface area contributed by atoms with Crippen molar-refractivity contribution in [2.45, 2.75) is 6.92 Å². The van der Waals surface area contributed by atoms with Crippen LogP contribution in [0.25, 0.3) is 0 Å². The van der Waals surface area contributed by atoms with Gasteiger partial charge in [0.05, 0.1) is 5.02 Å². The summed E-state index contributed by atoms with van der Waals surface area (Å²) in [5.41, 5.74) is 0.641. The Morgan fingerprint density at radius 3 is 2.80 bits per heavy atom. The van der Waals surface area contributed by atoms with Crippen molar-refractivity contribution in [3.05, 3.63) is 29.0 Å². The number of carbonyl (C=O) groups excluding carboxylic acids is 1. The lowest BCUT2D eigenvalue weighted by Crippen LogP contribution is -2.26. The van der Waals surface area contributed by atoms with Gasteiger partial charge in [0.2, 0.25) is 5.91 Å². The molecule has 1 rings (SSSR count). The van der Waals surface area contributed by atoms with Crippen molar-refractivity contribution in [1.82, 2.24) is 5.32 Å². The largest absolute Gasteiger partial charge is 0.383 e. The van der Waals surface area contributed by atoms with Gasteiger partial charge in [0.1, 0.15) is 5.82 Å². The predicted molar refractivity (Wildman–Crippen MR) is 58.6 cm³/mol. The van der Waals surface area contributed by atoms with Gasteiger partial charge in [-0.3, -0.25) is 4.79 Å². The van der Waals surface area contributed by atoms with E-state index in [1.165, 1.54) is 19.1 Å². The molecule has 1 aromatic rings. The summed E-state index contributed by atoms with van der Waals surface area (Å²) in [5, 5.41) is 5.67. The molecule has 15 heavy (non-hydrogen) atoms. The Morgan fingerprint density at radius 1 is 1.47 bits per heavy atom. The number of anilines is 1. The molecule has 0 aliphatic rings. The minimum absolute atomic E-state index is 0.0842. The van der Waals surface area contributed by atoms with Crippen molar-refractivity contribution in [2.24, 2.45) is 0 Å². The minimum atomic E-state index is -0.457. The number of hydrogen-bond acceptors (Lipinski definition) is 2. The summed E-state index contributed by atoms with van der Waals surface area (Å²) in [7, 11) is 0. The van der Waals surface area contributed by atoms with Crippen LogP contribution in [0, 0.1) is 5.82 Å². The third kappa shape index (κ3) is 4.16. The number of rotatable bonds is 4. The van der Waals surface area contributed by atoms with Crippen LogP contribution in [0.5, 0.6) is 0 Å². The predicted octanol–water partition coefficient (Wildman–Crippen LogP) is 2.03. The lowest BCUT2D eigenvalue weighted by atomic mass is 10.3. The van der Waals surface area contributed by atoms with Gasteiger partial charge < -0.3 is 10.6 Å². The van der Waals surface area contributed by atoms with Crippen LogP contribution in [0.1, 0.15) is 6.92 Å². The number of carbonyl (C=O) groups is 1. The van der Waals surface area contributed by atoms with Gasteiger partial charge in [-0.1, -0.05) is 11.6 Å². The van der Waals surface area contributed by atoms with Gasteiger partial charge in [0.15, 0.2) is 0 Å². The molecule has 0 atom stereocenters. The fourth-order valence-corrected chi connectivity index (χ4v) is 1.17. The molecule has 0 aliphatic carbocycles. The lowest BCUT2D eigenvalue weighted by molar-refractivity contribution is -0.118. The SMILES string of the molecule is CC(=O)NCCNc1ccc(Cl)c(F)c1. The van der Waals surface area contributed by atoms with Crippen LogP contribution in [0.3, 0.4) is 0 Å². The molecule has 0 radical (unpaired) electrons. The highest BCUT2D eigenvalue weighted by molar-refractivity contribution is 6.30.